The van der Waals surface area contributed by atoms with Gasteiger partial charge in [-0.1, -0.05) is 27.5 Å². The number of rotatable bonds is 1. The van der Waals surface area contributed by atoms with Crippen LogP contribution in [0.4, 0.5) is 5.69 Å². The summed E-state index contributed by atoms with van der Waals surface area (Å²) in [4.78, 5) is 0. The Morgan fingerprint density at radius 2 is 1.95 bits per heavy atom. The van der Waals surface area contributed by atoms with Gasteiger partial charge in [0, 0.05) is 23.2 Å². The molecule has 0 amide bonds. The van der Waals surface area contributed by atoms with Crippen molar-refractivity contribution in [3.63, 3.8) is 0 Å². The first-order chi connectivity index (χ1) is 9.13. The summed E-state index contributed by atoms with van der Waals surface area (Å²) in [6.45, 7) is 0. The van der Waals surface area contributed by atoms with Gasteiger partial charge in [-0.2, -0.15) is 0 Å². The summed E-state index contributed by atoms with van der Waals surface area (Å²) in [5.41, 5.74) is 1.54. The fourth-order valence-electron chi connectivity index (χ4n) is 1.66. The maximum atomic E-state index is 5.80. The summed E-state index contributed by atoms with van der Waals surface area (Å²) in [5.74, 6) is 0.860. The first-order valence-electron chi connectivity index (χ1n) is 5.43. The molecule has 1 aromatic heterocycles. The fourth-order valence-corrected chi connectivity index (χ4v) is 2.07. The lowest BCUT2D eigenvalue weighted by atomic mass is 10.2. The second-order valence-corrected chi connectivity index (χ2v) is 5.20. The Hall–Kier alpha value is -1.66. The van der Waals surface area contributed by atoms with Gasteiger partial charge < -0.3 is 4.74 Å². The predicted molar refractivity (Wildman–Crippen MR) is 76.8 cm³/mol. The summed E-state index contributed by atoms with van der Waals surface area (Å²) in [7, 11) is 1.80. The average Bonchev–Trinajstić information content (AvgIpc) is 2.40. The Morgan fingerprint density at radius 3 is 2.68 bits per heavy atom. The van der Waals surface area contributed by atoms with Gasteiger partial charge in [-0.25, -0.2) is 0 Å². The minimum Gasteiger partial charge on any atom is -0.415 e. The highest BCUT2D eigenvalue weighted by atomic mass is 79.9. The molecule has 0 aliphatic carbocycles. The van der Waals surface area contributed by atoms with E-state index < -0.39 is 0 Å². The molecular formula is C12H8BrClN4O. The van der Waals surface area contributed by atoms with Gasteiger partial charge in [-0.15, -0.1) is 15.3 Å². The van der Waals surface area contributed by atoms with Crippen LogP contribution >= 0.6 is 27.5 Å². The summed E-state index contributed by atoms with van der Waals surface area (Å²) < 4.78 is 6.64. The van der Waals surface area contributed by atoms with Crippen molar-refractivity contribution in [2.75, 3.05) is 12.1 Å². The molecule has 0 bridgehead atoms. The number of nitrogens with zero attached hydrogens (tertiary/aromatic N) is 4. The Morgan fingerprint density at radius 1 is 1.21 bits per heavy atom. The van der Waals surface area contributed by atoms with E-state index in [1.807, 2.05) is 24.3 Å². The average molecular weight is 340 g/mol. The Bertz CT molecular complexity index is 659. The number of hydrazone groups is 1. The molecule has 3 rings (SSSR count). The molecule has 1 aromatic carbocycles. The Balaban J connectivity index is 1.99. The highest BCUT2D eigenvalue weighted by Gasteiger charge is 2.21. The van der Waals surface area contributed by atoms with Gasteiger partial charge in [0.2, 0.25) is 5.90 Å². The summed E-state index contributed by atoms with van der Waals surface area (Å²) in [6, 6.07) is 9.32. The van der Waals surface area contributed by atoms with Crippen molar-refractivity contribution < 1.29 is 4.74 Å². The number of hydrogen-bond donors (Lipinski definition) is 0. The minimum atomic E-state index is 0.302. The SMILES string of the molecule is CN1N=C(c2ccc(Br)cc2)Oc2nnc(Cl)cc21. The summed E-state index contributed by atoms with van der Waals surface area (Å²) >= 11 is 9.19. The van der Waals surface area contributed by atoms with Crippen molar-refractivity contribution in [3.05, 3.63) is 45.5 Å². The maximum absolute atomic E-state index is 5.80. The number of hydrogen-bond acceptors (Lipinski definition) is 5. The van der Waals surface area contributed by atoms with Gasteiger partial charge in [0.25, 0.3) is 5.88 Å². The van der Waals surface area contributed by atoms with Crippen LogP contribution in [-0.4, -0.2) is 23.1 Å². The van der Waals surface area contributed by atoms with Crippen molar-refractivity contribution in [3.8, 4) is 5.88 Å². The van der Waals surface area contributed by atoms with Crippen LogP contribution in [0.5, 0.6) is 5.88 Å². The number of ether oxygens (including phenoxy) is 1. The normalized spacial score (nSPS) is 13.6. The van der Waals surface area contributed by atoms with Crippen LogP contribution in [0.2, 0.25) is 5.15 Å². The van der Waals surface area contributed by atoms with Gasteiger partial charge in [0.1, 0.15) is 5.69 Å². The van der Waals surface area contributed by atoms with E-state index in [4.69, 9.17) is 16.3 Å². The highest BCUT2D eigenvalue weighted by molar-refractivity contribution is 9.10. The zero-order chi connectivity index (χ0) is 13.4. The number of aromatic nitrogens is 2. The van der Waals surface area contributed by atoms with Gasteiger partial charge in [0.15, 0.2) is 5.15 Å². The van der Waals surface area contributed by atoms with E-state index in [1.165, 1.54) is 0 Å². The molecule has 0 fully saturated rings. The number of fused-ring (bicyclic) bond motifs is 1. The minimum absolute atomic E-state index is 0.302. The summed E-state index contributed by atoms with van der Waals surface area (Å²) in [5, 5.41) is 14.0. The third-order valence-corrected chi connectivity index (χ3v) is 3.30. The quantitative estimate of drug-likeness (QED) is 0.801. The smallest absolute Gasteiger partial charge is 0.266 e. The zero-order valence-corrected chi connectivity index (χ0v) is 12.2. The van der Waals surface area contributed by atoms with Crippen LogP contribution in [0.3, 0.4) is 0 Å². The first-order valence-corrected chi connectivity index (χ1v) is 6.60. The van der Waals surface area contributed by atoms with Crippen LogP contribution in [0, 0.1) is 0 Å². The van der Waals surface area contributed by atoms with E-state index in [0.29, 0.717) is 22.6 Å². The van der Waals surface area contributed by atoms with Crippen LogP contribution < -0.4 is 9.75 Å². The van der Waals surface area contributed by atoms with E-state index in [0.717, 1.165) is 10.0 Å². The molecular weight excluding hydrogens is 332 g/mol. The lowest BCUT2D eigenvalue weighted by Gasteiger charge is -2.22. The molecule has 7 heteroatoms. The molecule has 0 N–H and O–H groups in total. The molecule has 2 aromatic rings. The van der Waals surface area contributed by atoms with E-state index >= 15 is 0 Å². The number of benzene rings is 1. The molecule has 0 unspecified atom stereocenters. The van der Waals surface area contributed by atoms with E-state index in [1.54, 1.807) is 18.1 Å². The Labute approximate surface area is 123 Å². The molecule has 96 valence electrons. The first kappa shape index (κ1) is 12.4. The largest absolute Gasteiger partial charge is 0.415 e. The van der Waals surface area contributed by atoms with Crippen LogP contribution in [0.15, 0.2) is 39.9 Å². The standard InChI is InChI=1S/C12H8BrClN4O/c1-18-9-6-10(14)15-16-12(9)19-11(17-18)7-2-4-8(13)5-3-7/h2-6H,1H3. The van der Waals surface area contributed by atoms with Crippen LogP contribution in [0.1, 0.15) is 5.56 Å². The molecule has 2 heterocycles. The highest BCUT2D eigenvalue weighted by Crippen LogP contribution is 2.31. The summed E-state index contributed by atoms with van der Waals surface area (Å²) in [6.07, 6.45) is 0. The molecule has 1 aliphatic rings. The van der Waals surface area contributed by atoms with Gasteiger partial charge >= 0.3 is 0 Å². The third kappa shape index (κ3) is 2.41. The molecule has 1 aliphatic heterocycles. The zero-order valence-electron chi connectivity index (χ0n) is 9.84. The molecule has 19 heavy (non-hydrogen) atoms. The molecule has 0 saturated carbocycles. The molecule has 0 spiro atoms. The van der Waals surface area contributed by atoms with Crippen LogP contribution in [-0.2, 0) is 0 Å². The van der Waals surface area contributed by atoms with Crippen molar-refractivity contribution >= 4 is 39.1 Å². The van der Waals surface area contributed by atoms with Gasteiger partial charge in [-0.05, 0) is 24.3 Å². The van der Waals surface area contributed by atoms with Crippen molar-refractivity contribution in [1.82, 2.24) is 10.2 Å². The van der Waals surface area contributed by atoms with Crippen molar-refractivity contribution in [2.45, 2.75) is 0 Å². The van der Waals surface area contributed by atoms with E-state index in [2.05, 4.69) is 31.2 Å². The second-order valence-electron chi connectivity index (χ2n) is 3.90. The predicted octanol–water partition coefficient (Wildman–Crippen LogP) is 3.08. The third-order valence-electron chi connectivity index (χ3n) is 2.59. The van der Waals surface area contributed by atoms with Crippen molar-refractivity contribution in [1.29, 1.82) is 0 Å². The Kier molecular flexibility index (Phi) is 3.12. The molecule has 0 radical (unpaired) electrons. The molecule has 0 saturated heterocycles. The van der Waals surface area contributed by atoms with E-state index in [-0.39, 0.29) is 0 Å². The van der Waals surface area contributed by atoms with Gasteiger partial charge in [0.05, 0.1) is 0 Å². The van der Waals surface area contributed by atoms with Crippen molar-refractivity contribution in [2.24, 2.45) is 5.10 Å². The molecule has 5 nitrogen and oxygen atoms in total. The monoisotopic (exact) mass is 338 g/mol. The maximum Gasteiger partial charge on any atom is 0.266 e. The molecule has 0 atom stereocenters. The van der Waals surface area contributed by atoms with Gasteiger partial charge in [-0.3, -0.25) is 5.01 Å². The van der Waals surface area contributed by atoms with E-state index in [9.17, 15) is 0 Å². The lowest BCUT2D eigenvalue weighted by molar-refractivity contribution is 0.501. The number of anilines is 1. The number of halogens is 2. The topological polar surface area (TPSA) is 50.6 Å². The fraction of sp³-hybridized carbons (Fsp3) is 0.0833. The van der Waals surface area contributed by atoms with Crippen LogP contribution in [0.25, 0.3) is 0 Å². The second kappa shape index (κ2) is 4.79. The lowest BCUT2D eigenvalue weighted by Crippen LogP contribution is -2.25.